The second kappa shape index (κ2) is 9.32. The average molecular weight is 385 g/mol. The number of piperazine rings is 1. The minimum atomic E-state index is -0.469. The number of hydrogen-bond donors (Lipinski definition) is 2. The molecule has 9 heteroatoms. The lowest BCUT2D eigenvalue weighted by atomic mass is 10.2. The van der Waals surface area contributed by atoms with Crippen LogP contribution in [0.25, 0.3) is 0 Å². The summed E-state index contributed by atoms with van der Waals surface area (Å²) in [6, 6.07) is 8.09. The normalized spacial score (nSPS) is 14.7. The van der Waals surface area contributed by atoms with Gasteiger partial charge in [0.15, 0.2) is 0 Å². The molecule has 1 aliphatic rings. The Kier molecular flexibility index (Phi) is 6.59. The molecule has 28 heavy (non-hydrogen) atoms. The number of aromatic nitrogens is 2. The third-order valence-corrected chi connectivity index (χ3v) is 4.78. The van der Waals surface area contributed by atoms with Crippen LogP contribution in [0.15, 0.2) is 30.5 Å². The molecule has 1 fully saturated rings. The number of likely N-dealkylation sites (N-methyl/N-ethyl adjacent to an activating group) is 1. The van der Waals surface area contributed by atoms with Crippen molar-refractivity contribution in [3.63, 3.8) is 0 Å². The van der Waals surface area contributed by atoms with Gasteiger partial charge in [-0.15, -0.1) is 0 Å². The Bertz CT molecular complexity index is 789. The number of anilines is 4. The third kappa shape index (κ3) is 5.07. The van der Waals surface area contributed by atoms with Crippen molar-refractivity contribution >= 4 is 28.8 Å². The number of rotatable bonds is 8. The van der Waals surface area contributed by atoms with Crippen molar-refractivity contribution in [2.75, 3.05) is 55.3 Å². The summed E-state index contributed by atoms with van der Waals surface area (Å²) < 4.78 is 0. The van der Waals surface area contributed by atoms with E-state index < -0.39 is 4.92 Å². The van der Waals surface area contributed by atoms with Crippen molar-refractivity contribution in [2.45, 2.75) is 19.8 Å². The first-order valence-electron chi connectivity index (χ1n) is 9.62. The van der Waals surface area contributed by atoms with Gasteiger partial charge in [-0.1, -0.05) is 13.3 Å². The minimum absolute atomic E-state index is 0.118. The van der Waals surface area contributed by atoms with Crippen LogP contribution >= 0.6 is 0 Å². The Balaban J connectivity index is 1.68. The zero-order chi connectivity index (χ0) is 19.9. The molecule has 0 bridgehead atoms. The van der Waals surface area contributed by atoms with Gasteiger partial charge in [-0.2, -0.15) is 4.98 Å². The molecule has 1 aromatic carbocycles. The summed E-state index contributed by atoms with van der Waals surface area (Å²) in [5, 5.41) is 17.4. The van der Waals surface area contributed by atoms with E-state index in [2.05, 4.69) is 56.5 Å². The topological polar surface area (TPSA) is 99.5 Å². The van der Waals surface area contributed by atoms with Gasteiger partial charge in [0.05, 0.1) is 4.92 Å². The Morgan fingerprint density at radius 3 is 2.54 bits per heavy atom. The van der Waals surface area contributed by atoms with Gasteiger partial charge >= 0.3 is 5.69 Å². The van der Waals surface area contributed by atoms with Crippen LogP contribution in [0.1, 0.15) is 19.8 Å². The quantitative estimate of drug-likeness (QED) is 0.406. The Morgan fingerprint density at radius 1 is 1.18 bits per heavy atom. The fourth-order valence-corrected chi connectivity index (χ4v) is 3.03. The molecule has 2 aromatic rings. The summed E-state index contributed by atoms with van der Waals surface area (Å²) in [5.74, 6) is 0.571. The molecule has 3 rings (SSSR count). The van der Waals surface area contributed by atoms with Crippen LogP contribution in [-0.4, -0.2) is 59.6 Å². The van der Waals surface area contributed by atoms with Gasteiger partial charge in [0.25, 0.3) is 0 Å². The Labute approximate surface area is 164 Å². The zero-order valence-electron chi connectivity index (χ0n) is 16.4. The van der Waals surface area contributed by atoms with Crippen molar-refractivity contribution in [2.24, 2.45) is 0 Å². The number of unbranched alkanes of at least 4 members (excludes halogenated alkanes) is 1. The molecule has 9 nitrogen and oxygen atoms in total. The summed E-state index contributed by atoms with van der Waals surface area (Å²) in [6.45, 7) is 6.85. The molecule has 0 unspecified atom stereocenters. The Morgan fingerprint density at radius 2 is 1.89 bits per heavy atom. The predicted molar refractivity (Wildman–Crippen MR) is 112 cm³/mol. The van der Waals surface area contributed by atoms with Crippen molar-refractivity contribution in [3.05, 3.63) is 40.6 Å². The molecule has 150 valence electrons. The molecule has 1 aliphatic heterocycles. The number of hydrogen-bond acceptors (Lipinski definition) is 8. The lowest BCUT2D eigenvalue weighted by Crippen LogP contribution is -2.44. The van der Waals surface area contributed by atoms with Crippen molar-refractivity contribution in [1.82, 2.24) is 14.9 Å². The maximum Gasteiger partial charge on any atom is 0.329 e. The van der Waals surface area contributed by atoms with Crippen LogP contribution in [-0.2, 0) is 0 Å². The summed E-state index contributed by atoms with van der Waals surface area (Å²) in [6.07, 6.45) is 3.15. The highest BCUT2D eigenvalue weighted by Gasteiger charge is 2.17. The largest absolute Gasteiger partial charge is 0.369 e. The van der Waals surface area contributed by atoms with Crippen LogP contribution in [0.3, 0.4) is 0 Å². The maximum absolute atomic E-state index is 11.2. The fraction of sp³-hybridized carbons (Fsp3) is 0.474. The minimum Gasteiger partial charge on any atom is -0.369 e. The van der Waals surface area contributed by atoms with E-state index in [1.807, 2.05) is 12.1 Å². The van der Waals surface area contributed by atoms with E-state index >= 15 is 0 Å². The zero-order valence-corrected chi connectivity index (χ0v) is 16.4. The van der Waals surface area contributed by atoms with Crippen molar-refractivity contribution in [3.8, 4) is 0 Å². The first-order chi connectivity index (χ1) is 13.6. The molecule has 0 saturated carbocycles. The number of nitro groups is 1. The third-order valence-electron chi connectivity index (χ3n) is 4.78. The van der Waals surface area contributed by atoms with E-state index in [4.69, 9.17) is 0 Å². The molecular formula is C19H27N7O2. The van der Waals surface area contributed by atoms with Crippen LogP contribution in [0.5, 0.6) is 0 Å². The first kappa shape index (κ1) is 19.8. The molecule has 0 spiro atoms. The van der Waals surface area contributed by atoms with Gasteiger partial charge < -0.3 is 20.4 Å². The first-order valence-corrected chi connectivity index (χ1v) is 9.62. The van der Waals surface area contributed by atoms with Gasteiger partial charge in [0.2, 0.25) is 11.8 Å². The monoisotopic (exact) mass is 385 g/mol. The van der Waals surface area contributed by atoms with Gasteiger partial charge in [0, 0.05) is 44.1 Å². The summed E-state index contributed by atoms with van der Waals surface area (Å²) >= 11 is 0. The number of nitrogens with zero attached hydrogens (tertiary/aromatic N) is 5. The van der Waals surface area contributed by atoms with Crippen molar-refractivity contribution in [1.29, 1.82) is 0 Å². The second-order valence-electron chi connectivity index (χ2n) is 6.93. The molecule has 0 radical (unpaired) electrons. The van der Waals surface area contributed by atoms with Gasteiger partial charge in [0.1, 0.15) is 6.20 Å². The second-order valence-corrected chi connectivity index (χ2v) is 6.93. The summed E-state index contributed by atoms with van der Waals surface area (Å²) in [7, 11) is 2.14. The van der Waals surface area contributed by atoms with Crippen LogP contribution in [0, 0.1) is 10.1 Å². The van der Waals surface area contributed by atoms with Crippen molar-refractivity contribution < 1.29 is 4.92 Å². The summed E-state index contributed by atoms with van der Waals surface area (Å²) in [4.78, 5) is 23.8. The van der Waals surface area contributed by atoms with Crippen LogP contribution in [0.2, 0.25) is 0 Å². The molecule has 1 saturated heterocycles. The van der Waals surface area contributed by atoms with E-state index in [1.54, 1.807) is 0 Å². The fourth-order valence-electron chi connectivity index (χ4n) is 3.03. The van der Waals surface area contributed by atoms with E-state index in [9.17, 15) is 10.1 Å². The van der Waals surface area contributed by atoms with Gasteiger partial charge in [-0.05, 0) is 37.7 Å². The molecule has 0 atom stereocenters. The van der Waals surface area contributed by atoms with E-state index in [-0.39, 0.29) is 11.5 Å². The molecule has 1 aromatic heterocycles. The van der Waals surface area contributed by atoms with Gasteiger partial charge in [-0.25, -0.2) is 4.98 Å². The smallest absolute Gasteiger partial charge is 0.329 e. The SMILES string of the molecule is CCCCNc1nc(Nc2ccc(N3CCN(C)CC3)cc2)ncc1[N+](=O)[O-]. The standard InChI is InChI=1S/C19H27N7O2/c1-3-4-9-20-18-17(26(27)28)14-21-19(23-18)22-15-5-7-16(8-6-15)25-12-10-24(2)11-13-25/h5-8,14H,3-4,9-13H2,1-2H3,(H2,20,21,22,23). The van der Waals surface area contributed by atoms with Crippen LogP contribution < -0.4 is 15.5 Å². The van der Waals surface area contributed by atoms with E-state index in [0.717, 1.165) is 44.7 Å². The predicted octanol–water partition coefficient (Wildman–Crippen LogP) is 3.09. The molecule has 2 heterocycles. The number of benzene rings is 1. The number of nitrogens with one attached hydrogen (secondary N) is 2. The van der Waals surface area contributed by atoms with E-state index in [1.165, 1.54) is 11.9 Å². The van der Waals surface area contributed by atoms with E-state index in [0.29, 0.717) is 12.5 Å². The highest BCUT2D eigenvalue weighted by atomic mass is 16.6. The lowest BCUT2D eigenvalue weighted by Gasteiger charge is -2.34. The van der Waals surface area contributed by atoms with Crippen LogP contribution in [0.4, 0.5) is 28.8 Å². The molecule has 0 aliphatic carbocycles. The lowest BCUT2D eigenvalue weighted by molar-refractivity contribution is -0.384. The van der Waals surface area contributed by atoms with Gasteiger partial charge in [-0.3, -0.25) is 10.1 Å². The Hall–Kier alpha value is -2.94. The highest BCUT2D eigenvalue weighted by molar-refractivity contribution is 5.62. The average Bonchev–Trinajstić information content (AvgIpc) is 2.69. The highest BCUT2D eigenvalue weighted by Crippen LogP contribution is 2.25. The maximum atomic E-state index is 11.2. The molecule has 0 amide bonds. The molecule has 2 N–H and O–H groups in total. The summed E-state index contributed by atoms with van der Waals surface area (Å²) in [5.41, 5.74) is 1.91. The molecular weight excluding hydrogens is 358 g/mol.